The zero-order valence-electron chi connectivity index (χ0n) is 19.3. The molecule has 4 heterocycles. The number of nitrogens with one attached hydrogen (secondary N) is 1. The molecule has 0 radical (unpaired) electrons. The second-order valence-electron chi connectivity index (χ2n) is 9.15. The van der Waals surface area contributed by atoms with Gasteiger partial charge < -0.3 is 4.90 Å². The minimum atomic E-state index is -0.274. The van der Waals surface area contributed by atoms with E-state index in [2.05, 4.69) is 21.1 Å². The van der Waals surface area contributed by atoms with E-state index in [-0.39, 0.29) is 11.5 Å². The van der Waals surface area contributed by atoms with E-state index < -0.39 is 0 Å². The number of carbonyl (C=O) groups excluding carboxylic acids is 1. The molecule has 2 aromatic heterocycles. The first kappa shape index (κ1) is 22.1. The number of H-pyrrole nitrogens is 1. The molecule has 0 saturated carbocycles. The third kappa shape index (κ3) is 4.15. The van der Waals surface area contributed by atoms with Crippen LogP contribution in [0.2, 0.25) is 0 Å². The molecule has 3 aromatic rings. The van der Waals surface area contributed by atoms with Crippen LogP contribution in [0, 0.1) is 18.3 Å². The summed E-state index contributed by atoms with van der Waals surface area (Å²) in [5, 5.41) is 12.5. The Bertz CT molecular complexity index is 1290. The molecule has 1 aromatic carbocycles. The SMILES string of the molecule is Cc1cccc(C#N)c1-n1[nH]c(-c2ccc(C(=O)N3CCC[C@@H](N4CCCC4)C3)cn2)cc1=O. The lowest BCUT2D eigenvalue weighted by molar-refractivity contribution is 0.0607. The fraction of sp³-hybridized carbons (Fsp3) is 0.385. The Hall–Kier alpha value is -3.70. The highest BCUT2D eigenvalue weighted by Gasteiger charge is 2.29. The number of pyridine rings is 1. The van der Waals surface area contributed by atoms with Crippen LogP contribution in [-0.4, -0.2) is 62.7 Å². The van der Waals surface area contributed by atoms with Crippen LogP contribution in [0.25, 0.3) is 17.1 Å². The molecule has 2 aliphatic heterocycles. The number of amides is 1. The normalized spacial score (nSPS) is 18.7. The standard InChI is InChI=1S/C26H28N6O2/c1-18-6-4-7-19(15-27)25(18)32-24(33)14-23(29-32)22-10-9-20(16-28-22)26(34)31-13-5-8-21(17-31)30-11-2-3-12-30/h4,6-7,9-10,14,16,21,29H,2-3,5,8,11-13,17H2,1H3/t21-/m1/s1. The zero-order chi connectivity index (χ0) is 23.7. The Morgan fingerprint density at radius 3 is 2.71 bits per heavy atom. The summed E-state index contributed by atoms with van der Waals surface area (Å²) in [6.07, 6.45) is 6.26. The Morgan fingerprint density at radius 2 is 1.97 bits per heavy atom. The molecule has 0 spiro atoms. The van der Waals surface area contributed by atoms with Gasteiger partial charge in [-0.3, -0.25) is 24.6 Å². The highest BCUT2D eigenvalue weighted by Crippen LogP contribution is 2.23. The Balaban J connectivity index is 1.35. The van der Waals surface area contributed by atoms with Gasteiger partial charge in [-0.2, -0.15) is 5.26 Å². The van der Waals surface area contributed by atoms with Gasteiger partial charge in [-0.05, 0) is 69.5 Å². The lowest BCUT2D eigenvalue weighted by Gasteiger charge is -2.37. The van der Waals surface area contributed by atoms with Gasteiger partial charge in [0.1, 0.15) is 6.07 Å². The number of likely N-dealkylation sites (tertiary alicyclic amines) is 2. The smallest absolute Gasteiger partial charge is 0.271 e. The zero-order valence-corrected chi connectivity index (χ0v) is 19.3. The number of aromatic nitrogens is 3. The summed E-state index contributed by atoms with van der Waals surface area (Å²) in [5.74, 6) is 0.00702. The first-order valence-electron chi connectivity index (χ1n) is 11.9. The van der Waals surface area contributed by atoms with E-state index in [0.717, 1.165) is 44.6 Å². The van der Waals surface area contributed by atoms with Crippen molar-refractivity contribution < 1.29 is 4.79 Å². The predicted octanol–water partition coefficient (Wildman–Crippen LogP) is 3.11. The Kier molecular flexibility index (Phi) is 6.03. The number of nitrogens with zero attached hydrogens (tertiary/aromatic N) is 5. The molecule has 0 aliphatic carbocycles. The molecule has 34 heavy (non-hydrogen) atoms. The highest BCUT2D eigenvalue weighted by molar-refractivity contribution is 5.94. The van der Waals surface area contributed by atoms with Crippen LogP contribution in [0.15, 0.2) is 47.4 Å². The number of para-hydroxylation sites is 1. The number of rotatable bonds is 4. The van der Waals surface area contributed by atoms with Gasteiger partial charge in [-0.1, -0.05) is 12.1 Å². The average Bonchev–Trinajstić information content (AvgIpc) is 3.54. The molecule has 8 nitrogen and oxygen atoms in total. The van der Waals surface area contributed by atoms with Crippen molar-refractivity contribution in [2.45, 2.75) is 38.6 Å². The minimum Gasteiger partial charge on any atom is -0.337 e. The number of piperidine rings is 1. The maximum absolute atomic E-state index is 13.1. The molecule has 2 fully saturated rings. The molecular formula is C26H28N6O2. The van der Waals surface area contributed by atoms with Crippen molar-refractivity contribution in [2.24, 2.45) is 0 Å². The molecule has 174 valence electrons. The van der Waals surface area contributed by atoms with E-state index in [9.17, 15) is 14.9 Å². The fourth-order valence-electron chi connectivity index (χ4n) is 5.15. The number of benzene rings is 1. The number of aromatic amines is 1. The van der Waals surface area contributed by atoms with Crippen molar-refractivity contribution in [1.29, 1.82) is 5.26 Å². The van der Waals surface area contributed by atoms with E-state index in [1.165, 1.54) is 23.6 Å². The number of hydrogen-bond donors (Lipinski definition) is 1. The topological polar surface area (TPSA) is 98.0 Å². The summed E-state index contributed by atoms with van der Waals surface area (Å²) in [5.41, 5.74) is 3.14. The summed E-state index contributed by atoms with van der Waals surface area (Å²) in [6, 6.07) is 12.9. The Morgan fingerprint density at radius 1 is 1.15 bits per heavy atom. The first-order valence-corrected chi connectivity index (χ1v) is 11.9. The number of carbonyl (C=O) groups is 1. The van der Waals surface area contributed by atoms with Crippen LogP contribution >= 0.6 is 0 Å². The third-order valence-electron chi connectivity index (χ3n) is 6.93. The van der Waals surface area contributed by atoms with Gasteiger partial charge in [0.15, 0.2) is 0 Å². The first-order chi connectivity index (χ1) is 16.5. The molecule has 2 saturated heterocycles. The van der Waals surface area contributed by atoms with Crippen molar-refractivity contribution >= 4 is 5.91 Å². The van der Waals surface area contributed by atoms with Crippen molar-refractivity contribution in [3.63, 3.8) is 0 Å². The fourth-order valence-corrected chi connectivity index (χ4v) is 5.15. The molecule has 0 unspecified atom stereocenters. The predicted molar refractivity (Wildman–Crippen MR) is 129 cm³/mol. The summed E-state index contributed by atoms with van der Waals surface area (Å²) >= 11 is 0. The van der Waals surface area contributed by atoms with E-state index in [1.807, 2.05) is 17.9 Å². The summed E-state index contributed by atoms with van der Waals surface area (Å²) in [4.78, 5) is 34.8. The largest absolute Gasteiger partial charge is 0.337 e. The Labute approximate surface area is 198 Å². The van der Waals surface area contributed by atoms with Gasteiger partial charge in [0, 0.05) is 31.4 Å². The lowest BCUT2D eigenvalue weighted by atomic mass is 10.0. The molecule has 8 heteroatoms. The molecule has 0 bridgehead atoms. The number of hydrogen-bond acceptors (Lipinski definition) is 5. The van der Waals surface area contributed by atoms with E-state index in [0.29, 0.717) is 34.2 Å². The third-order valence-corrected chi connectivity index (χ3v) is 6.93. The van der Waals surface area contributed by atoms with Gasteiger partial charge in [0.05, 0.1) is 28.2 Å². The maximum Gasteiger partial charge on any atom is 0.271 e. The molecular weight excluding hydrogens is 428 g/mol. The van der Waals surface area contributed by atoms with Crippen molar-refractivity contribution in [1.82, 2.24) is 24.6 Å². The summed E-state index contributed by atoms with van der Waals surface area (Å²) in [7, 11) is 0. The van der Waals surface area contributed by atoms with E-state index in [4.69, 9.17) is 0 Å². The molecule has 2 aliphatic rings. The highest BCUT2D eigenvalue weighted by atomic mass is 16.2. The van der Waals surface area contributed by atoms with Gasteiger partial charge >= 0.3 is 0 Å². The number of aryl methyl sites for hydroxylation is 1. The average molecular weight is 457 g/mol. The van der Waals surface area contributed by atoms with Crippen LogP contribution < -0.4 is 5.56 Å². The minimum absolute atomic E-state index is 0.00702. The van der Waals surface area contributed by atoms with E-state index >= 15 is 0 Å². The summed E-state index contributed by atoms with van der Waals surface area (Å²) in [6.45, 7) is 5.68. The second kappa shape index (κ2) is 9.27. The van der Waals surface area contributed by atoms with Crippen LogP contribution in [0.5, 0.6) is 0 Å². The summed E-state index contributed by atoms with van der Waals surface area (Å²) < 4.78 is 1.37. The molecule has 1 atom stereocenters. The lowest BCUT2D eigenvalue weighted by Crippen LogP contribution is -2.49. The second-order valence-corrected chi connectivity index (χ2v) is 9.15. The van der Waals surface area contributed by atoms with Gasteiger partial charge in [-0.25, -0.2) is 4.68 Å². The van der Waals surface area contributed by atoms with Crippen LogP contribution in [-0.2, 0) is 0 Å². The van der Waals surface area contributed by atoms with Gasteiger partial charge in [-0.15, -0.1) is 0 Å². The van der Waals surface area contributed by atoms with Crippen LogP contribution in [0.4, 0.5) is 0 Å². The molecule has 5 rings (SSSR count). The van der Waals surface area contributed by atoms with Crippen LogP contribution in [0.3, 0.4) is 0 Å². The van der Waals surface area contributed by atoms with Crippen molar-refractivity contribution in [3.8, 4) is 23.1 Å². The van der Waals surface area contributed by atoms with Gasteiger partial charge in [0.2, 0.25) is 0 Å². The van der Waals surface area contributed by atoms with Crippen molar-refractivity contribution in [3.05, 3.63) is 69.6 Å². The quantitative estimate of drug-likeness (QED) is 0.651. The van der Waals surface area contributed by atoms with E-state index in [1.54, 1.807) is 30.5 Å². The monoisotopic (exact) mass is 456 g/mol. The maximum atomic E-state index is 13.1. The van der Waals surface area contributed by atoms with Crippen LogP contribution in [0.1, 0.15) is 47.2 Å². The van der Waals surface area contributed by atoms with Crippen molar-refractivity contribution in [2.75, 3.05) is 26.2 Å². The van der Waals surface area contributed by atoms with Gasteiger partial charge in [0.25, 0.3) is 11.5 Å². The molecule has 1 amide bonds. The number of nitriles is 1. The molecule has 1 N–H and O–H groups in total.